The molecular formula is C22H20ClN2O4S2+. The van der Waals surface area contributed by atoms with Crippen LogP contribution in [0.5, 0.6) is 0 Å². The molecule has 0 aliphatic heterocycles. The first-order valence-corrected chi connectivity index (χ1v) is 12.5. The van der Waals surface area contributed by atoms with Gasteiger partial charge in [-0.1, -0.05) is 37.6 Å². The van der Waals surface area contributed by atoms with E-state index in [0.29, 0.717) is 5.92 Å². The number of nitrogens with zero attached hydrogens (tertiary/aromatic N) is 1. The molecule has 6 nitrogen and oxygen atoms in total. The number of hydrogen-bond acceptors (Lipinski definition) is 4. The largest absolute Gasteiger partial charge is 0.474 e. The molecule has 160 valence electrons. The highest BCUT2D eigenvalue weighted by Crippen LogP contribution is 2.41. The van der Waals surface area contributed by atoms with Crippen LogP contribution in [0.3, 0.4) is 0 Å². The average molecular weight is 476 g/mol. The molecule has 1 unspecified atom stereocenters. The molecule has 3 rings (SSSR count). The van der Waals surface area contributed by atoms with Crippen molar-refractivity contribution >= 4 is 43.8 Å². The van der Waals surface area contributed by atoms with E-state index in [1.165, 1.54) is 24.3 Å². The van der Waals surface area contributed by atoms with Crippen molar-refractivity contribution in [1.82, 2.24) is 0 Å². The number of benzene rings is 2. The van der Waals surface area contributed by atoms with E-state index in [4.69, 9.17) is 16.9 Å². The molecule has 3 aromatic rings. The number of anilines is 1. The molecule has 0 bridgehead atoms. The van der Waals surface area contributed by atoms with Crippen molar-refractivity contribution in [3.63, 3.8) is 0 Å². The summed E-state index contributed by atoms with van der Waals surface area (Å²) < 4.78 is 28.0. The fourth-order valence-corrected chi connectivity index (χ4v) is 6.57. The lowest BCUT2D eigenvalue weighted by Crippen LogP contribution is -2.15. The average Bonchev–Trinajstić information content (AvgIpc) is 3.10. The third-order valence-corrected chi connectivity index (χ3v) is 8.32. The van der Waals surface area contributed by atoms with Crippen molar-refractivity contribution < 1.29 is 18.3 Å². The van der Waals surface area contributed by atoms with Crippen LogP contribution in [0.4, 0.5) is 5.69 Å². The Labute approximate surface area is 188 Å². The van der Waals surface area contributed by atoms with E-state index >= 15 is 0 Å². The van der Waals surface area contributed by atoms with Crippen LogP contribution >= 0.6 is 22.1 Å². The normalized spacial score (nSPS) is 11.9. The van der Waals surface area contributed by atoms with Crippen LogP contribution in [-0.2, 0) is 16.4 Å². The van der Waals surface area contributed by atoms with E-state index < -0.39 is 26.5 Å². The first-order valence-electron chi connectivity index (χ1n) is 9.32. The van der Waals surface area contributed by atoms with Gasteiger partial charge in [0, 0.05) is 16.5 Å². The minimum absolute atomic E-state index is 0.0116. The molecule has 0 amide bonds. The van der Waals surface area contributed by atoms with E-state index in [2.05, 4.69) is 18.6 Å². The maximum atomic E-state index is 12.8. The highest BCUT2D eigenvalue weighted by atomic mass is 35.5. The molecule has 1 aromatic heterocycles. The second-order valence-electron chi connectivity index (χ2n) is 7.29. The van der Waals surface area contributed by atoms with Gasteiger partial charge in [0.2, 0.25) is 0 Å². The predicted octanol–water partition coefficient (Wildman–Crippen LogP) is 5.65. The molecule has 1 heterocycles. The monoisotopic (exact) mass is 475 g/mol. The summed E-state index contributed by atoms with van der Waals surface area (Å²) in [6, 6.07) is 14.8. The number of thiophene rings is 1. The van der Waals surface area contributed by atoms with Crippen LogP contribution in [-0.4, -0.2) is 19.5 Å². The fraction of sp³-hybridized carbons (Fsp3) is 0.182. The van der Waals surface area contributed by atoms with Gasteiger partial charge in [-0.2, -0.15) is 5.26 Å². The molecule has 9 heteroatoms. The van der Waals surface area contributed by atoms with Crippen LogP contribution in [0.2, 0.25) is 5.02 Å². The van der Waals surface area contributed by atoms with Crippen molar-refractivity contribution in [2.75, 3.05) is 4.72 Å². The summed E-state index contributed by atoms with van der Waals surface area (Å²) in [7, 11) is -5.07. The van der Waals surface area contributed by atoms with Gasteiger partial charge in [-0.3, -0.25) is 4.72 Å². The Morgan fingerprint density at radius 1 is 1.19 bits per heavy atom. The van der Waals surface area contributed by atoms with Gasteiger partial charge in [0.15, 0.2) is 4.90 Å². The van der Waals surface area contributed by atoms with Crippen LogP contribution in [0.1, 0.15) is 34.6 Å². The van der Waals surface area contributed by atoms with Gasteiger partial charge < -0.3 is 5.11 Å². The zero-order chi connectivity index (χ0) is 22.8. The van der Waals surface area contributed by atoms with Crippen molar-refractivity contribution in [3.8, 4) is 11.0 Å². The molecule has 0 aliphatic carbocycles. The van der Waals surface area contributed by atoms with E-state index in [9.17, 15) is 18.3 Å². The zero-order valence-electron chi connectivity index (χ0n) is 16.8. The molecule has 0 aliphatic rings. The number of sulfonamides is 1. The zero-order valence-corrected chi connectivity index (χ0v) is 19.2. The Balaban J connectivity index is 1.97. The molecule has 0 spiro atoms. The van der Waals surface area contributed by atoms with E-state index in [0.717, 1.165) is 16.9 Å². The number of aromatic carboxylic acids is 1. The standard InChI is InChI=1S/C22H19ClN2O4S2/c1-14(2)11-15-3-6-17(7-4-15)30-10-9-19(21(30)22(26)27)25-31(28,29)20-8-5-16(13-24)12-18(20)23/h3-10,12,14,25H,11H2,1-2H3/p+1. The Hall–Kier alpha value is -2.86. The van der Waals surface area contributed by atoms with E-state index in [1.807, 2.05) is 30.3 Å². The Bertz CT molecular complexity index is 1270. The quantitative estimate of drug-likeness (QED) is 0.429. The first kappa shape index (κ1) is 22.8. The summed E-state index contributed by atoms with van der Waals surface area (Å²) in [5.41, 5.74) is 1.36. The van der Waals surface area contributed by atoms with E-state index in [1.54, 1.807) is 5.38 Å². The molecule has 0 saturated heterocycles. The lowest BCUT2D eigenvalue weighted by atomic mass is 10.0. The topological polar surface area (TPSA) is 107 Å². The third kappa shape index (κ3) is 5.07. The predicted molar refractivity (Wildman–Crippen MR) is 123 cm³/mol. The Kier molecular flexibility index (Phi) is 6.70. The van der Waals surface area contributed by atoms with Gasteiger partial charge in [-0.05, 0) is 48.2 Å². The molecule has 0 radical (unpaired) electrons. The third-order valence-electron chi connectivity index (χ3n) is 4.45. The van der Waals surface area contributed by atoms with Crippen molar-refractivity contribution in [3.05, 3.63) is 74.9 Å². The van der Waals surface area contributed by atoms with Gasteiger partial charge in [0.25, 0.3) is 14.9 Å². The number of nitriles is 1. The number of rotatable bonds is 7. The first-order chi connectivity index (χ1) is 14.6. The number of carbonyl (C=O) groups is 1. The summed E-state index contributed by atoms with van der Waals surface area (Å²) >= 11 is 6.03. The molecule has 31 heavy (non-hydrogen) atoms. The number of carboxylic acids is 1. The lowest BCUT2D eigenvalue weighted by Gasteiger charge is -2.08. The summed E-state index contributed by atoms with van der Waals surface area (Å²) in [5, 5.41) is 20.3. The highest BCUT2D eigenvalue weighted by Gasteiger charge is 2.31. The number of nitrogens with one attached hydrogen (secondary N) is 1. The van der Waals surface area contributed by atoms with Gasteiger partial charge in [0.1, 0.15) is 16.0 Å². The second kappa shape index (κ2) is 9.10. The molecule has 1 atom stereocenters. The smallest absolute Gasteiger partial charge is 0.391 e. The van der Waals surface area contributed by atoms with Gasteiger partial charge in [-0.15, -0.1) is 0 Å². The molecule has 0 saturated carbocycles. The second-order valence-corrected chi connectivity index (χ2v) is 11.2. The molecular weight excluding hydrogens is 456 g/mol. The highest BCUT2D eigenvalue weighted by molar-refractivity contribution is 7.92. The summed E-state index contributed by atoms with van der Waals surface area (Å²) in [5.74, 6) is -0.701. The molecule has 2 N–H and O–H groups in total. The summed E-state index contributed by atoms with van der Waals surface area (Å²) in [6.45, 7) is 4.25. The van der Waals surface area contributed by atoms with Gasteiger partial charge >= 0.3 is 5.97 Å². The maximum Gasteiger partial charge on any atom is 0.391 e. The summed E-state index contributed by atoms with van der Waals surface area (Å²) in [6.07, 6.45) is 0.919. The number of halogens is 1. The SMILES string of the molecule is CC(C)Cc1ccc(-[s+]2ccc(NS(=O)(=O)c3ccc(C#N)cc3Cl)c2C(=O)O)cc1. The number of carboxylic acid groups (broad SMARTS) is 1. The van der Waals surface area contributed by atoms with E-state index in [-0.39, 0.29) is 26.0 Å². The summed E-state index contributed by atoms with van der Waals surface area (Å²) in [4.78, 5) is 12.5. The Morgan fingerprint density at radius 2 is 1.87 bits per heavy atom. The van der Waals surface area contributed by atoms with Crippen molar-refractivity contribution in [2.45, 2.75) is 25.2 Å². The van der Waals surface area contributed by atoms with Crippen molar-refractivity contribution in [1.29, 1.82) is 5.26 Å². The molecule has 0 fully saturated rings. The lowest BCUT2D eigenvalue weighted by molar-refractivity contribution is 0.0703. The minimum atomic E-state index is -4.15. The fourth-order valence-electron chi connectivity index (χ4n) is 3.12. The van der Waals surface area contributed by atoms with Gasteiger partial charge in [-0.25, -0.2) is 13.2 Å². The van der Waals surface area contributed by atoms with Crippen LogP contribution in [0.25, 0.3) is 4.90 Å². The minimum Gasteiger partial charge on any atom is -0.474 e. The molecule has 2 aromatic carbocycles. The Morgan fingerprint density at radius 3 is 2.42 bits per heavy atom. The van der Waals surface area contributed by atoms with Crippen molar-refractivity contribution in [2.24, 2.45) is 5.92 Å². The number of hydrogen-bond donors (Lipinski definition) is 2. The van der Waals surface area contributed by atoms with Gasteiger partial charge in [0.05, 0.1) is 16.7 Å². The van der Waals surface area contributed by atoms with Crippen LogP contribution < -0.4 is 4.72 Å². The maximum absolute atomic E-state index is 12.8. The van der Waals surface area contributed by atoms with Crippen LogP contribution in [0, 0.1) is 17.2 Å². The van der Waals surface area contributed by atoms with Crippen LogP contribution in [0.15, 0.2) is 58.8 Å².